The third kappa shape index (κ3) is 3.53. The summed E-state index contributed by atoms with van der Waals surface area (Å²) < 4.78 is 40.2. The van der Waals surface area contributed by atoms with Gasteiger partial charge in [-0.15, -0.1) is 0 Å². The minimum absolute atomic E-state index is 0.00814. The summed E-state index contributed by atoms with van der Waals surface area (Å²) in [7, 11) is -3.82. The predicted molar refractivity (Wildman–Crippen MR) is 81.3 cm³/mol. The van der Waals surface area contributed by atoms with Gasteiger partial charge in [-0.3, -0.25) is 4.72 Å². The van der Waals surface area contributed by atoms with Crippen molar-refractivity contribution in [2.45, 2.75) is 18.4 Å². The van der Waals surface area contributed by atoms with Crippen LogP contribution in [0, 0.1) is 12.7 Å². The van der Waals surface area contributed by atoms with Crippen LogP contribution < -0.4 is 10.5 Å². The molecule has 0 radical (unpaired) electrons. The molecule has 21 heavy (non-hydrogen) atoms. The standard InChI is InChI=1S/C14H14ClFN2O2S/c1-9-2-3-10(8-17)6-14(9)21(19,20)18-13-5-4-11(16)7-12(13)15/h2-7,18H,8,17H2,1H3. The van der Waals surface area contributed by atoms with Crippen LogP contribution in [0.15, 0.2) is 41.3 Å². The van der Waals surface area contributed by atoms with Gasteiger partial charge in [0.1, 0.15) is 5.82 Å². The molecular formula is C14H14ClFN2O2S. The van der Waals surface area contributed by atoms with Gasteiger partial charge in [-0.2, -0.15) is 0 Å². The molecule has 3 N–H and O–H groups in total. The van der Waals surface area contributed by atoms with Crippen molar-refractivity contribution >= 4 is 27.3 Å². The minimum Gasteiger partial charge on any atom is -0.326 e. The molecule has 0 saturated heterocycles. The lowest BCUT2D eigenvalue weighted by atomic mass is 10.1. The van der Waals surface area contributed by atoms with Crippen molar-refractivity contribution in [2.75, 3.05) is 4.72 Å². The first-order valence-corrected chi connectivity index (χ1v) is 7.97. The van der Waals surface area contributed by atoms with Crippen LogP contribution >= 0.6 is 11.6 Å². The van der Waals surface area contributed by atoms with Gasteiger partial charge in [0.05, 0.1) is 15.6 Å². The summed E-state index contributed by atoms with van der Waals surface area (Å²) >= 11 is 5.83. The van der Waals surface area contributed by atoms with Crippen LogP contribution in [0.3, 0.4) is 0 Å². The zero-order valence-electron chi connectivity index (χ0n) is 11.2. The highest BCUT2D eigenvalue weighted by molar-refractivity contribution is 7.92. The Kier molecular flexibility index (Phi) is 4.51. The van der Waals surface area contributed by atoms with Gasteiger partial charge < -0.3 is 5.73 Å². The second kappa shape index (κ2) is 6.01. The van der Waals surface area contributed by atoms with Crippen molar-refractivity contribution in [3.63, 3.8) is 0 Å². The number of benzene rings is 2. The number of aryl methyl sites for hydroxylation is 1. The number of hydrogen-bond donors (Lipinski definition) is 2. The molecular weight excluding hydrogens is 315 g/mol. The van der Waals surface area contributed by atoms with Crippen LogP contribution in [0.5, 0.6) is 0 Å². The predicted octanol–water partition coefficient (Wildman–Crippen LogP) is 3.05. The van der Waals surface area contributed by atoms with E-state index in [-0.39, 0.29) is 22.2 Å². The Morgan fingerprint density at radius 3 is 2.57 bits per heavy atom. The Balaban J connectivity index is 2.43. The minimum atomic E-state index is -3.82. The van der Waals surface area contributed by atoms with Crippen molar-refractivity contribution in [3.8, 4) is 0 Å². The summed E-state index contributed by atoms with van der Waals surface area (Å²) in [5.74, 6) is -0.538. The molecule has 0 aliphatic carbocycles. The quantitative estimate of drug-likeness (QED) is 0.906. The van der Waals surface area contributed by atoms with E-state index in [0.717, 1.165) is 12.1 Å². The smallest absolute Gasteiger partial charge is 0.262 e. The van der Waals surface area contributed by atoms with E-state index in [2.05, 4.69) is 4.72 Å². The van der Waals surface area contributed by atoms with Gasteiger partial charge in [0.2, 0.25) is 0 Å². The molecule has 0 fully saturated rings. The van der Waals surface area contributed by atoms with E-state index in [1.165, 1.54) is 12.1 Å². The summed E-state index contributed by atoms with van der Waals surface area (Å²) in [5, 5.41) is -0.00814. The Labute approximate surface area is 127 Å². The molecule has 0 aliphatic rings. The summed E-state index contributed by atoms with van der Waals surface area (Å²) in [4.78, 5) is 0.117. The third-order valence-electron chi connectivity index (χ3n) is 2.95. The van der Waals surface area contributed by atoms with E-state index >= 15 is 0 Å². The first-order valence-electron chi connectivity index (χ1n) is 6.11. The molecule has 2 rings (SSSR count). The number of nitrogens with one attached hydrogen (secondary N) is 1. The molecule has 0 saturated carbocycles. The van der Waals surface area contributed by atoms with Crippen LogP contribution in [-0.4, -0.2) is 8.42 Å². The van der Waals surface area contributed by atoms with Gasteiger partial charge in [0, 0.05) is 6.54 Å². The highest BCUT2D eigenvalue weighted by Gasteiger charge is 2.18. The first kappa shape index (κ1) is 15.8. The zero-order chi connectivity index (χ0) is 15.6. The highest BCUT2D eigenvalue weighted by Crippen LogP contribution is 2.26. The number of anilines is 1. The molecule has 112 valence electrons. The lowest BCUT2D eigenvalue weighted by molar-refractivity contribution is 0.600. The van der Waals surface area contributed by atoms with Gasteiger partial charge in [-0.05, 0) is 42.3 Å². The average Bonchev–Trinajstić information content (AvgIpc) is 2.42. The van der Waals surface area contributed by atoms with E-state index < -0.39 is 15.8 Å². The van der Waals surface area contributed by atoms with Crippen LogP contribution in [0.2, 0.25) is 5.02 Å². The van der Waals surface area contributed by atoms with Crippen molar-refractivity contribution in [1.82, 2.24) is 0 Å². The molecule has 0 heterocycles. The Hall–Kier alpha value is -1.63. The zero-order valence-corrected chi connectivity index (χ0v) is 12.8. The van der Waals surface area contributed by atoms with E-state index in [1.54, 1.807) is 19.1 Å². The van der Waals surface area contributed by atoms with E-state index in [0.29, 0.717) is 11.1 Å². The maximum atomic E-state index is 13.0. The SMILES string of the molecule is Cc1ccc(CN)cc1S(=O)(=O)Nc1ccc(F)cc1Cl. The lowest BCUT2D eigenvalue weighted by Gasteiger charge is -2.12. The van der Waals surface area contributed by atoms with Crippen molar-refractivity contribution in [1.29, 1.82) is 0 Å². The Bertz CT molecular complexity index is 779. The number of hydrogen-bond acceptors (Lipinski definition) is 3. The fourth-order valence-electron chi connectivity index (χ4n) is 1.83. The summed E-state index contributed by atoms with van der Waals surface area (Å²) in [6.45, 7) is 1.92. The second-order valence-electron chi connectivity index (χ2n) is 4.53. The number of halogens is 2. The lowest BCUT2D eigenvalue weighted by Crippen LogP contribution is -2.15. The monoisotopic (exact) mass is 328 g/mol. The highest BCUT2D eigenvalue weighted by atomic mass is 35.5. The van der Waals surface area contributed by atoms with Crippen molar-refractivity contribution in [3.05, 3.63) is 58.4 Å². The Morgan fingerprint density at radius 1 is 1.24 bits per heavy atom. The van der Waals surface area contributed by atoms with Crippen molar-refractivity contribution in [2.24, 2.45) is 5.73 Å². The molecule has 0 amide bonds. The van der Waals surface area contributed by atoms with Gasteiger partial charge >= 0.3 is 0 Å². The Morgan fingerprint density at radius 2 is 1.95 bits per heavy atom. The second-order valence-corrected chi connectivity index (χ2v) is 6.59. The molecule has 0 bridgehead atoms. The topological polar surface area (TPSA) is 72.2 Å². The normalized spacial score (nSPS) is 11.4. The fourth-order valence-corrected chi connectivity index (χ4v) is 3.48. The maximum absolute atomic E-state index is 13.0. The summed E-state index contributed by atoms with van der Waals surface area (Å²) in [6.07, 6.45) is 0. The molecule has 0 atom stereocenters. The first-order chi connectivity index (χ1) is 9.83. The van der Waals surface area contributed by atoms with Gasteiger partial charge in [0.25, 0.3) is 10.0 Å². The number of sulfonamides is 1. The number of rotatable bonds is 4. The average molecular weight is 329 g/mol. The molecule has 2 aromatic rings. The van der Waals surface area contributed by atoms with Gasteiger partial charge in [-0.25, -0.2) is 12.8 Å². The molecule has 2 aromatic carbocycles. The summed E-state index contributed by atoms with van der Waals surface area (Å²) in [6, 6.07) is 8.41. The van der Waals surface area contributed by atoms with Crippen LogP contribution in [0.1, 0.15) is 11.1 Å². The fraction of sp³-hybridized carbons (Fsp3) is 0.143. The van der Waals surface area contributed by atoms with E-state index in [9.17, 15) is 12.8 Å². The summed E-state index contributed by atoms with van der Waals surface area (Å²) in [5.41, 5.74) is 6.93. The van der Waals surface area contributed by atoms with Crippen LogP contribution in [0.25, 0.3) is 0 Å². The molecule has 0 unspecified atom stereocenters. The molecule has 0 aliphatic heterocycles. The number of nitrogens with two attached hydrogens (primary N) is 1. The molecule has 0 aromatic heterocycles. The van der Waals surface area contributed by atoms with E-state index in [1.807, 2.05) is 0 Å². The molecule has 0 spiro atoms. The van der Waals surface area contributed by atoms with E-state index in [4.69, 9.17) is 17.3 Å². The molecule has 7 heteroatoms. The van der Waals surface area contributed by atoms with Gasteiger partial charge in [-0.1, -0.05) is 23.7 Å². The van der Waals surface area contributed by atoms with Crippen molar-refractivity contribution < 1.29 is 12.8 Å². The maximum Gasteiger partial charge on any atom is 0.262 e. The third-order valence-corrected chi connectivity index (χ3v) is 4.77. The van der Waals surface area contributed by atoms with Gasteiger partial charge in [0.15, 0.2) is 0 Å². The largest absolute Gasteiger partial charge is 0.326 e. The van der Waals surface area contributed by atoms with Crippen LogP contribution in [0.4, 0.5) is 10.1 Å². The van der Waals surface area contributed by atoms with Crippen LogP contribution in [-0.2, 0) is 16.6 Å². The molecule has 4 nitrogen and oxygen atoms in total.